The molecule has 2 saturated heterocycles. The maximum absolute atomic E-state index is 12.6. The molecule has 4 rings (SSSR count). The summed E-state index contributed by atoms with van der Waals surface area (Å²) < 4.78 is 5.69. The zero-order valence-corrected chi connectivity index (χ0v) is 13.8. The number of fused-ring (bicyclic) bond motifs is 2. The van der Waals surface area contributed by atoms with Gasteiger partial charge in [0.05, 0.1) is 5.57 Å². The molecule has 122 valence electrons. The fourth-order valence-electron chi connectivity index (χ4n) is 3.96. The Morgan fingerprint density at radius 1 is 1.26 bits per heavy atom. The van der Waals surface area contributed by atoms with Gasteiger partial charge in [-0.05, 0) is 50.1 Å². The first-order valence-corrected chi connectivity index (χ1v) is 8.76. The van der Waals surface area contributed by atoms with Crippen LogP contribution in [0.1, 0.15) is 31.2 Å². The van der Waals surface area contributed by atoms with Crippen LogP contribution in [0.2, 0.25) is 5.02 Å². The van der Waals surface area contributed by atoms with Crippen LogP contribution >= 0.6 is 11.6 Å². The number of hydrogen-bond acceptors (Lipinski definition) is 3. The van der Waals surface area contributed by atoms with Gasteiger partial charge in [-0.1, -0.05) is 18.0 Å². The predicted molar refractivity (Wildman–Crippen MR) is 90.7 cm³/mol. The minimum absolute atomic E-state index is 0.00644. The van der Waals surface area contributed by atoms with Crippen LogP contribution in [0.5, 0.6) is 5.75 Å². The van der Waals surface area contributed by atoms with Crippen molar-refractivity contribution in [3.8, 4) is 5.75 Å². The maximum atomic E-state index is 12.6. The average molecular weight is 333 g/mol. The number of amides is 1. The number of halogens is 1. The number of carbonyl (C=O) groups is 1. The van der Waals surface area contributed by atoms with Gasteiger partial charge >= 0.3 is 0 Å². The van der Waals surface area contributed by atoms with Crippen molar-refractivity contribution < 1.29 is 9.53 Å². The number of nitrogens with zero attached hydrogens (tertiary/aromatic N) is 1. The summed E-state index contributed by atoms with van der Waals surface area (Å²) in [6.45, 7) is 2.60. The summed E-state index contributed by atoms with van der Waals surface area (Å²) in [7, 11) is 0. The molecule has 0 aliphatic carbocycles. The van der Waals surface area contributed by atoms with E-state index in [1.165, 1.54) is 25.8 Å². The SMILES string of the molecule is O=C(N[C@@H]1CCN2CCCC[C@@H]12)C1=Cc2cc(Cl)ccc2OC1. The van der Waals surface area contributed by atoms with Crippen LogP contribution < -0.4 is 10.1 Å². The van der Waals surface area contributed by atoms with E-state index in [1.54, 1.807) is 6.07 Å². The second-order valence-corrected chi connectivity index (χ2v) is 7.04. The predicted octanol–water partition coefficient (Wildman–Crippen LogP) is 2.86. The molecule has 1 N–H and O–H groups in total. The summed E-state index contributed by atoms with van der Waals surface area (Å²) >= 11 is 6.03. The minimum atomic E-state index is -0.00644. The lowest BCUT2D eigenvalue weighted by atomic mass is 9.98. The summed E-state index contributed by atoms with van der Waals surface area (Å²) in [5.74, 6) is 0.776. The monoisotopic (exact) mass is 332 g/mol. The second-order valence-electron chi connectivity index (χ2n) is 6.61. The molecule has 4 nitrogen and oxygen atoms in total. The zero-order valence-electron chi connectivity index (χ0n) is 13.1. The number of nitrogens with one attached hydrogen (secondary N) is 1. The van der Waals surface area contributed by atoms with Gasteiger partial charge in [-0.3, -0.25) is 9.69 Å². The molecule has 0 unspecified atom stereocenters. The third-order valence-electron chi connectivity index (χ3n) is 5.15. The first kappa shape index (κ1) is 15.0. The van der Waals surface area contributed by atoms with Crippen molar-refractivity contribution in [1.29, 1.82) is 0 Å². The molecule has 0 bridgehead atoms. The second kappa shape index (κ2) is 6.17. The Morgan fingerprint density at radius 2 is 2.17 bits per heavy atom. The molecule has 5 heteroatoms. The van der Waals surface area contributed by atoms with E-state index in [4.69, 9.17) is 16.3 Å². The quantitative estimate of drug-likeness (QED) is 0.905. The molecule has 3 aliphatic heterocycles. The Morgan fingerprint density at radius 3 is 3.09 bits per heavy atom. The number of benzene rings is 1. The van der Waals surface area contributed by atoms with E-state index in [-0.39, 0.29) is 11.9 Å². The van der Waals surface area contributed by atoms with Crippen molar-refractivity contribution >= 4 is 23.6 Å². The van der Waals surface area contributed by atoms with Gasteiger partial charge in [0.25, 0.3) is 5.91 Å². The van der Waals surface area contributed by atoms with Crippen LogP contribution in [0, 0.1) is 0 Å². The number of hydrogen-bond donors (Lipinski definition) is 1. The Bertz CT molecular complexity index is 658. The zero-order chi connectivity index (χ0) is 15.8. The van der Waals surface area contributed by atoms with Gasteiger partial charge in [0.1, 0.15) is 12.4 Å². The minimum Gasteiger partial charge on any atom is -0.488 e. The molecule has 1 aromatic rings. The van der Waals surface area contributed by atoms with Crippen molar-refractivity contribution in [2.45, 2.75) is 37.8 Å². The third kappa shape index (κ3) is 2.98. The topological polar surface area (TPSA) is 41.6 Å². The Kier molecular flexibility index (Phi) is 4.04. The van der Waals surface area contributed by atoms with Gasteiger partial charge in [0.2, 0.25) is 0 Å². The number of rotatable bonds is 2. The van der Waals surface area contributed by atoms with Crippen molar-refractivity contribution in [2.24, 2.45) is 0 Å². The molecule has 23 heavy (non-hydrogen) atoms. The lowest BCUT2D eigenvalue weighted by Crippen LogP contribution is -2.47. The van der Waals surface area contributed by atoms with Gasteiger partial charge in [-0.2, -0.15) is 0 Å². The van der Waals surface area contributed by atoms with Crippen LogP contribution in [-0.4, -0.2) is 42.6 Å². The first-order chi connectivity index (χ1) is 11.2. The maximum Gasteiger partial charge on any atom is 0.250 e. The Hall–Kier alpha value is -1.52. The molecular formula is C18H21ClN2O2. The van der Waals surface area contributed by atoms with E-state index in [1.807, 2.05) is 18.2 Å². The summed E-state index contributed by atoms with van der Waals surface area (Å²) in [5.41, 5.74) is 1.55. The highest BCUT2D eigenvalue weighted by Gasteiger charge is 2.36. The van der Waals surface area contributed by atoms with Crippen LogP contribution in [-0.2, 0) is 4.79 Å². The molecule has 3 heterocycles. The van der Waals surface area contributed by atoms with Gasteiger partial charge in [0.15, 0.2) is 0 Å². The molecule has 0 saturated carbocycles. The van der Waals surface area contributed by atoms with Crippen molar-refractivity contribution in [3.05, 3.63) is 34.4 Å². The van der Waals surface area contributed by atoms with Crippen LogP contribution in [0.25, 0.3) is 6.08 Å². The molecule has 2 atom stereocenters. The number of ether oxygens (including phenoxy) is 1. The largest absolute Gasteiger partial charge is 0.488 e. The smallest absolute Gasteiger partial charge is 0.250 e. The van der Waals surface area contributed by atoms with E-state index < -0.39 is 0 Å². The molecule has 0 aromatic heterocycles. The fraction of sp³-hybridized carbons (Fsp3) is 0.500. The Labute approximate surface area is 141 Å². The fourth-order valence-corrected chi connectivity index (χ4v) is 4.14. The molecule has 3 aliphatic rings. The molecule has 0 spiro atoms. The van der Waals surface area contributed by atoms with Crippen molar-refractivity contribution in [2.75, 3.05) is 19.7 Å². The van der Waals surface area contributed by atoms with Gasteiger partial charge in [-0.25, -0.2) is 0 Å². The summed E-state index contributed by atoms with van der Waals surface area (Å²) in [6, 6.07) is 6.26. The van der Waals surface area contributed by atoms with Crippen LogP contribution in [0.3, 0.4) is 0 Å². The molecule has 0 radical (unpaired) electrons. The molecular weight excluding hydrogens is 312 g/mol. The highest BCUT2D eigenvalue weighted by atomic mass is 35.5. The van der Waals surface area contributed by atoms with Gasteiger partial charge < -0.3 is 10.1 Å². The number of carbonyl (C=O) groups excluding carboxylic acids is 1. The first-order valence-electron chi connectivity index (χ1n) is 8.38. The van der Waals surface area contributed by atoms with E-state index in [2.05, 4.69) is 10.2 Å². The van der Waals surface area contributed by atoms with Crippen LogP contribution in [0.15, 0.2) is 23.8 Å². The van der Waals surface area contributed by atoms with Crippen LogP contribution in [0.4, 0.5) is 0 Å². The molecule has 1 amide bonds. The van der Waals surface area contributed by atoms with Crippen molar-refractivity contribution in [3.63, 3.8) is 0 Å². The highest BCUT2D eigenvalue weighted by Crippen LogP contribution is 2.30. The molecule has 1 aromatic carbocycles. The third-order valence-corrected chi connectivity index (χ3v) is 5.38. The normalized spacial score (nSPS) is 26.7. The van der Waals surface area contributed by atoms with E-state index in [0.29, 0.717) is 23.2 Å². The van der Waals surface area contributed by atoms with E-state index in [9.17, 15) is 4.79 Å². The average Bonchev–Trinajstić information content (AvgIpc) is 2.97. The Balaban J connectivity index is 1.47. The van der Waals surface area contributed by atoms with E-state index in [0.717, 1.165) is 24.3 Å². The lowest BCUT2D eigenvalue weighted by Gasteiger charge is -2.32. The standard InChI is InChI=1S/C18H21ClN2O2/c19-14-4-5-17-12(10-14)9-13(11-23-17)18(22)20-15-6-8-21-7-2-1-3-16(15)21/h4-5,9-10,15-16H,1-3,6-8,11H2,(H,20,22)/t15-,16+/m1/s1. The van der Waals surface area contributed by atoms with Gasteiger partial charge in [-0.15, -0.1) is 0 Å². The van der Waals surface area contributed by atoms with E-state index >= 15 is 0 Å². The highest BCUT2D eigenvalue weighted by molar-refractivity contribution is 6.30. The summed E-state index contributed by atoms with van der Waals surface area (Å²) in [4.78, 5) is 15.1. The molecule has 2 fully saturated rings. The van der Waals surface area contributed by atoms with Gasteiger partial charge in [0, 0.05) is 29.2 Å². The summed E-state index contributed by atoms with van der Waals surface area (Å²) in [6.07, 6.45) is 6.69. The summed E-state index contributed by atoms with van der Waals surface area (Å²) in [5, 5.41) is 3.88. The number of piperidine rings is 1. The van der Waals surface area contributed by atoms with Crippen molar-refractivity contribution in [1.82, 2.24) is 10.2 Å². The lowest BCUT2D eigenvalue weighted by molar-refractivity contribution is -0.118.